The zero-order chi connectivity index (χ0) is 13.8. The molecule has 0 spiro atoms. The Bertz CT molecular complexity index is 247. The van der Waals surface area contributed by atoms with Gasteiger partial charge in [0.2, 0.25) is 0 Å². The Labute approximate surface area is 115 Å². The molecule has 0 aliphatic carbocycles. The molecule has 104 valence electrons. The highest BCUT2D eigenvalue weighted by Crippen LogP contribution is 2.26. The molecule has 0 amide bonds. The van der Waals surface area contributed by atoms with Crippen molar-refractivity contribution in [3.63, 3.8) is 0 Å². The summed E-state index contributed by atoms with van der Waals surface area (Å²) in [6.07, 6.45) is 15.2. The van der Waals surface area contributed by atoms with Crippen LogP contribution in [0.4, 0.5) is 0 Å². The maximum absolute atomic E-state index is 3.96. The molecule has 0 aliphatic heterocycles. The molecule has 0 aromatic rings. The van der Waals surface area contributed by atoms with Crippen molar-refractivity contribution in [1.82, 2.24) is 0 Å². The van der Waals surface area contributed by atoms with Crippen LogP contribution in [0.1, 0.15) is 65.7 Å². The summed E-state index contributed by atoms with van der Waals surface area (Å²) in [6.45, 7) is 14.6. The molecule has 0 nitrogen and oxygen atoms in total. The van der Waals surface area contributed by atoms with Crippen molar-refractivity contribution in [2.24, 2.45) is 11.8 Å². The summed E-state index contributed by atoms with van der Waals surface area (Å²) >= 11 is 0. The fraction of sp³-hybridized carbons (Fsp3) is 0.667. The van der Waals surface area contributed by atoms with Gasteiger partial charge in [0.1, 0.15) is 0 Å². The van der Waals surface area contributed by atoms with Crippen molar-refractivity contribution in [3.8, 4) is 0 Å². The van der Waals surface area contributed by atoms with Crippen LogP contribution in [0.25, 0.3) is 0 Å². The second-order valence-electron chi connectivity index (χ2n) is 5.26. The SMILES string of the molecule is C=CCC(CC)CC(=CCCC)CC(C=C)CC. The Morgan fingerprint density at radius 3 is 2.22 bits per heavy atom. The molecule has 0 N–H and O–H groups in total. The fourth-order valence-corrected chi connectivity index (χ4v) is 2.33. The van der Waals surface area contributed by atoms with E-state index in [4.69, 9.17) is 0 Å². The van der Waals surface area contributed by atoms with Gasteiger partial charge in [-0.25, -0.2) is 0 Å². The Kier molecular flexibility index (Phi) is 10.8. The molecule has 0 aliphatic rings. The standard InChI is InChI=1S/C18H32/c1-6-11-13-18(14-16(8-3)9-4)15-17(10-5)12-7-2/h7-8,13,16-17H,2-3,6,9-12,14-15H2,1,4-5H3. The smallest absolute Gasteiger partial charge is 0.0202 e. The average Bonchev–Trinajstić information content (AvgIpc) is 2.40. The van der Waals surface area contributed by atoms with Crippen LogP contribution < -0.4 is 0 Å². The summed E-state index contributed by atoms with van der Waals surface area (Å²) in [5.74, 6) is 1.42. The van der Waals surface area contributed by atoms with Crippen LogP contribution in [0.3, 0.4) is 0 Å². The summed E-state index contributed by atoms with van der Waals surface area (Å²) < 4.78 is 0. The molecule has 0 rings (SSSR count). The van der Waals surface area contributed by atoms with Crippen LogP contribution in [-0.4, -0.2) is 0 Å². The molecular formula is C18H32. The summed E-state index contributed by atoms with van der Waals surface area (Å²) in [4.78, 5) is 0. The van der Waals surface area contributed by atoms with E-state index in [0.29, 0.717) is 5.92 Å². The third kappa shape index (κ3) is 7.53. The molecule has 0 saturated carbocycles. The maximum atomic E-state index is 3.96. The van der Waals surface area contributed by atoms with Crippen molar-refractivity contribution >= 4 is 0 Å². The number of hydrogen-bond acceptors (Lipinski definition) is 0. The topological polar surface area (TPSA) is 0 Å². The first-order valence-electron chi connectivity index (χ1n) is 7.62. The first kappa shape index (κ1) is 17.2. The number of allylic oxidation sites excluding steroid dienone is 4. The van der Waals surface area contributed by atoms with E-state index in [1.54, 1.807) is 5.57 Å². The van der Waals surface area contributed by atoms with Crippen molar-refractivity contribution in [3.05, 3.63) is 37.0 Å². The Morgan fingerprint density at radius 2 is 1.78 bits per heavy atom. The molecule has 0 saturated heterocycles. The van der Waals surface area contributed by atoms with E-state index in [9.17, 15) is 0 Å². The summed E-state index contributed by atoms with van der Waals surface area (Å²) in [7, 11) is 0. The third-order valence-corrected chi connectivity index (χ3v) is 3.73. The predicted octanol–water partition coefficient (Wildman–Crippen LogP) is 6.31. The molecule has 2 unspecified atom stereocenters. The van der Waals surface area contributed by atoms with Crippen LogP contribution >= 0.6 is 0 Å². The van der Waals surface area contributed by atoms with E-state index in [1.165, 1.54) is 38.5 Å². The van der Waals surface area contributed by atoms with Gasteiger partial charge in [-0.2, -0.15) is 0 Å². The monoisotopic (exact) mass is 248 g/mol. The highest BCUT2D eigenvalue weighted by Gasteiger charge is 2.11. The Hall–Kier alpha value is -0.780. The molecular weight excluding hydrogens is 216 g/mol. The van der Waals surface area contributed by atoms with Gasteiger partial charge >= 0.3 is 0 Å². The lowest BCUT2D eigenvalue weighted by Crippen LogP contribution is -2.04. The minimum atomic E-state index is 0.648. The molecule has 2 atom stereocenters. The molecule has 0 heterocycles. The zero-order valence-electron chi connectivity index (χ0n) is 12.8. The summed E-state index contributed by atoms with van der Waals surface area (Å²) in [5, 5.41) is 0. The lowest BCUT2D eigenvalue weighted by atomic mass is 9.87. The highest BCUT2D eigenvalue weighted by atomic mass is 14.2. The lowest BCUT2D eigenvalue weighted by Gasteiger charge is -2.18. The molecule has 0 fully saturated rings. The normalized spacial score (nSPS) is 15.2. The lowest BCUT2D eigenvalue weighted by molar-refractivity contribution is 0.487. The molecule has 0 heteroatoms. The first-order chi connectivity index (χ1) is 8.71. The molecule has 0 aromatic carbocycles. The number of rotatable bonds is 11. The quantitative estimate of drug-likeness (QED) is 0.376. The van der Waals surface area contributed by atoms with E-state index in [1.807, 2.05) is 0 Å². The van der Waals surface area contributed by atoms with Crippen molar-refractivity contribution in [1.29, 1.82) is 0 Å². The van der Waals surface area contributed by atoms with Gasteiger partial charge in [-0.05, 0) is 43.9 Å². The Balaban J connectivity index is 4.55. The molecule has 0 aromatic heterocycles. The van der Waals surface area contributed by atoms with Gasteiger partial charge < -0.3 is 0 Å². The van der Waals surface area contributed by atoms with Crippen molar-refractivity contribution in [2.45, 2.75) is 65.7 Å². The van der Waals surface area contributed by atoms with Crippen LogP contribution in [0.2, 0.25) is 0 Å². The second kappa shape index (κ2) is 11.3. The maximum Gasteiger partial charge on any atom is -0.0202 e. The number of unbranched alkanes of at least 4 members (excludes halogenated alkanes) is 1. The largest absolute Gasteiger partial charge is 0.103 e. The minimum absolute atomic E-state index is 0.648. The van der Waals surface area contributed by atoms with Gasteiger partial charge in [0.15, 0.2) is 0 Å². The third-order valence-electron chi connectivity index (χ3n) is 3.73. The van der Waals surface area contributed by atoms with Crippen LogP contribution in [0, 0.1) is 11.8 Å². The average molecular weight is 248 g/mol. The predicted molar refractivity (Wildman–Crippen MR) is 84.8 cm³/mol. The van der Waals surface area contributed by atoms with Gasteiger partial charge in [0.05, 0.1) is 0 Å². The minimum Gasteiger partial charge on any atom is -0.103 e. The molecule has 0 bridgehead atoms. The second-order valence-corrected chi connectivity index (χ2v) is 5.26. The fourth-order valence-electron chi connectivity index (χ4n) is 2.33. The van der Waals surface area contributed by atoms with Crippen LogP contribution in [0.5, 0.6) is 0 Å². The van der Waals surface area contributed by atoms with Gasteiger partial charge in [0.25, 0.3) is 0 Å². The van der Waals surface area contributed by atoms with E-state index in [2.05, 4.69) is 52.2 Å². The van der Waals surface area contributed by atoms with Crippen LogP contribution in [0.15, 0.2) is 37.0 Å². The van der Waals surface area contributed by atoms with Crippen molar-refractivity contribution < 1.29 is 0 Å². The van der Waals surface area contributed by atoms with Gasteiger partial charge in [-0.15, -0.1) is 13.2 Å². The van der Waals surface area contributed by atoms with E-state index in [0.717, 1.165) is 12.3 Å². The molecule has 18 heavy (non-hydrogen) atoms. The zero-order valence-corrected chi connectivity index (χ0v) is 12.8. The summed E-state index contributed by atoms with van der Waals surface area (Å²) in [5.41, 5.74) is 1.64. The van der Waals surface area contributed by atoms with Crippen LogP contribution in [-0.2, 0) is 0 Å². The van der Waals surface area contributed by atoms with Gasteiger partial charge in [-0.3, -0.25) is 0 Å². The Morgan fingerprint density at radius 1 is 1.06 bits per heavy atom. The highest BCUT2D eigenvalue weighted by molar-refractivity contribution is 5.06. The van der Waals surface area contributed by atoms with Gasteiger partial charge in [0, 0.05) is 0 Å². The molecule has 0 radical (unpaired) electrons. The van der Waals surface area contributed by atoms with E-state index < -0.39 is 0 Å². The van der Waals surface area contributed by atoms with Crippen molar-refractivity contribution in [2.75, 3.05) is 0 Å². The summed E-state index contributed by atoms with van der Waals surface area (Å²) in [6, 6.07) is 0. The first-order valence-corrected chi connectivity index (χ1v) is 7.62. The van der Waals surface area contributed by atoms with E-state index in [-0.39, 0.29) is 0 Å². The van der Waals surface area contributed by atoms with Gasteiger partial charge in [-0.1, -0.05) is 57.4 Å². The number of hydrogen-bond donors (Lipinski definition) is 0. The van der Waals surface area contributed by atoms with E-state index >= 15 is 0 Å².